The van der Waals surface area contributed by atoms with Crippen LogP contribution in [0.5, 0.6) is 5.75 Å². The van der Waals surface area contributed by atoms with Gasteiger partial charge in [-0.1, -0.05) is 11.6 Å². The molecular formula is C14H17NO4. The minimum atomic E-state index is -1.05. The van der Waals surface area contributed by atoms with Crippen molar-refractivity contribution < 1.29 is 19.4 Å². The van der Waals surface area contributed by atoms with E-state index in [4.69, 9.17) is 9.84 Å². The van der Waals surface area contributed by atoms with Crippen LogP contribution in [0.4, 0.5) is 0 Å². The van der Waals surface area contributed by atoms with E-state index in [1.165, 1.54) is 6.07 Å². The summed E-state index contributed by atoms with van der Waals surface area (Å²) in [7, 11) is 1.75. The number of hydrogen-bond donors (Lipinski definition) is 1. The molecule has 1 amide bonds. The molecule has 1 fully saturated rings. The van der Waals surface area contributed by atoms with Crippen LogP contribution in [0, 0.1) is 6.92 Å². The van der Waals surface area contributed by atoms with Crippen molar-refractivity contribution in [2.24, 2.45) is 0 Å². The van der Waals surface area contributed by atoms with Gasteiger partial charge < -0.3 is 14.7 Å². The van der Waals surface area contributed by atoms with Crippen molar-refractivity contribution in [1.29, 1.82) is 0 Å². The zero-order valence-electron chi connectivity index (χ0n) is 11.0. The smallest absolute Gasteiger partial charge is 0.339 e. The highest BCUT2D eigenvalue weighted by atomic mass is 16.5. The monoisotopic (exact) mass is 263 g/mol. The van der Waals surface area contributed by atoms with Crippen LogP contribution in [0.1, 0.15) is 28.8 Å². The summed E-state index contributed by atoms with van der Waals surface area (Å²) in [6, 6.07) is 5.21. The molecule has 0 spiro atoms. The molecule has 0 saturated heterocycles. The number of carbonyl (C=O) groups is 2. The fourth-order valence-electron chi connectivity index (χ4n) is 1.84. The van der Waals surface area contributed by atoms with Crippen LogP contribution < -0.4 is 4.74 Å². The van der Waals surface area contributed by atoms with Gasteiger partial charge in [-0.2, -0.15) is 0 Å². The van der Waals surface area contributed by atoms with E-state index in [-0.39, 0.29) is 23.8 Å². The van der Waals surface area contributed by atoms with Crippen LogP contribution in [0.2, 0.25) is 0 Å². The lowest BCUT2D eigenvalue weighted by atomic mass is 10.1. The number of carboxylic acid groups (broad SMARTS) is 1. The van der Waals surface area contributed by atoms with E-state index in [0.717, 1.165) is 18.4 Å². The Morgan fingerprint density at radius 2 is 2.11 bits per heavy atom. The summed E-state index contributed by atoms with van der Waals surface area (Å²) < 4.78 is 5.34. The van der Waals surface area contributed by atoms with Gasteiger partial charge in [0.1, 0.15) is 11.3 Å². The van der Waals surface area contributed by atoms with Gasteiger partial charge in [0.25, 0.3) is 5.91 Å². The number of rotatable bonds is 5. The summed E-state index contributed by atoms with van der Waals surface area (Å²) in [5, 5.41) is 9.09. The third-order valence-corrected chi connectivity index (χ3v) is 3.20. The molecule has 1 N–H and O–H groups in total. The lowest BCUT2D eigenvalue weighted by Gasteiger charge is -2.17. The van der Waals surface area contributed by atoms with Crippen LogP contribution >= 0.6 is 0 Å². The molecule has 0 heterocycles. The first-order chi connectivity index (χ1) is 8.99. The Kier molecular flexibility index (Phi) is 3.74. The second kappa shape index (κ2) is 5.30. The fourth-order valence-corrected chi connectivity index (χ4v) is 1.84. The Bertz CT molecular complexity index is 508. The number of aromatic carboxylic acids is 1. The fraction of sp³-hybridized carbons (Fsp3) is 0.429. The number of amides is 1. The predicted molar refractivity (Wildman–Crippen MR) is 69.4 cm³/mol. The van der Waals surface area contributed by atoms with E-state index >= 15 is 0 Å². The van der Waals surface area contributed by atoms with E-state index in [9.17, 15) is 9.59 Å². The van der Waals surface area contributed by atoms with Crippen molar-refractivity contribution in [3.63, 3.8) is 0 Å². The summed E-state index contributed by atoms with van der Waals surface area (Å²) in [6.45, 7) is 1.68. The number of nitrogens with zero attached hydrogens (tertiary/aromatic N) is 1. The summed E-state index contributed by atoms with van der Waals surface area (Å²) in [6.07, 6.45) is 2.07. The molecule has 0 aromatic heterocycles. The lowest BCUT2D eigenvalue weighted by Crippen LogP contribution is -2.33. The molecule has 0 radical (unpaired) electrons. The highest BCUT2D eigenvalue weighted by Gasteiger charge is 2.29. The van der Waals surface area contributed by atoms with Gasteiger partial charge in [-0.25, -0.2) is 4.79 Å². The number of likely N-dealkylation sites (N-methyl/N-ethyl adjacent to an activating group) is 1. The van der Waals surface area contributed by atoms with Crippen molar-refractivity contribution in [3.8, 4) is 5.75 Å². The first-order valence-corrected chi connectivity index (χ1v) is 6.21. The zero-order valence-corrected chi connectivity index (χ0v) is 11.0. The molecule has 0 atom stereocenters. The second-order valence-electron chi connectivity index (χ2n) is 4.83. The van der Waals surface area contributed by atoms with E-state index in [2.05, 4.69) is 0 Å². The van der Waals surface area contributed by atoms with E-state index < -0.39 is 5.97 Å². The number of aryl methyl sites for hydroxylation is 1. The highest BCUT2D eigenvalue weighted by molar-refractivity contribution is 5.91. The van der Waals surface area contributed by atoms with Gasteiger partial charge >= 0.3 is 5.97 Å². The summed E-state index contributed by atoms with van der Waals surface area (Å²) >= 11 is 0. The Labute approximate surface area is 111 Å². The van der Waals surface area contributed by atoms with Crippen LogP contribution in [-0.2, 0) is 4.79 Å². The molecule has 1 aromatic carbocycles. The molecule has 1 saturated carbocycles. The highest BCUT2D eigenvalue weighted by Crippen LogP contribution is 2.25. The molecule has 1 aromatic rings. The van der Waals surface area contributed by atoms with Crippen molar-refractivity contribution in [1.82, 2.24) is 4.90 Å². The Morgan fingerprint density at radius 3 is 2.68 bits per heavy atom. The van der Waals surface area contributed by atoms with Crippen LogP contribution in [0.3, 0.4) is 0 Å². The van der Waals surface area contributed by atoms with E-state index in [1.54, 1.807) is 24.1 Å². The maximum absolute atomic E-state index is 11.8. The van der Waals surface area contributed by atoms with E-state index in [0.29, 0.717) is 6.04 Å². The average Bonchev–Trinajstić information content (AvgIpc) is 3.20. The van der Waals surface area contributed by atoms with E-state index in [1.807, 2.05) is 6.92 Å². The van der Waals surface area contributed by atoms with Gasteiger partial charge in [0.05, 0.1) is 0 Å². The third kappa shape index (κ3) is 3.24. The predicted octanol–water partition coefficient (Wildman–Crippen LogP) is 1.69. The number of carboxylic acids is 1. The van der Waals surface area contributed by atoms with Crippen molar-refractivity contribution in [2.75, 3.05) is 13.7 Å². The first kappa shape index (κ1) is 13.4. The van der Waals surface area contributed by atoms with Gasteiger partial charge in [-0.3, -0.25) is 4.79 Å². The summed E-state index contributed by atoms with van der Waals surface area (Å²) in [5.41, 5.74) is 0.924. The van der Waals surface area contributed by atoms with Crippen LogP contribution in [0.15, 0.2) is 18.2 Å². The molecular weight excluding hydrogens is 246 g/mol. The Morgan fingerprint density at radius 1 is 1.42 bits per heavy atom. The topological polar surface area (TPSA) is 66.8 Å². The number of hydrogen-bond acceptors (Lipinski definition) is 3. The third-order valence-electron chi connectivity index (χ3n) is 3.20. The molecule has 0 bridgehead atoms. The number of benzene rings is 1. The number of carbonyl (C=O) groups excluding carboxylic acids is 1. The second-order valence-corrected chi connectivity index (χ2v) is 4.83. The van der Waals surface area contributed by atoms with Crippen LogP contribution in [-0.4, -0.2) is 41.6 Å². The maximum Gasteiger partial charge on any atom is 0.339 e. The molecule has 1 aliphatic rings. The Balaban J connectivity index is 2.02. The SMILES string of the molecule is Cc1ccc(OCC(=O)N(C)C2CC2)c(C(=O)O)c1. The number of ether oxygens (including phenoxy) is 1. The van der Waals surface area contributed by atoms with Gasteiger partial charge in [0.2, 0.25) is 0 Å². The van der Waals surface area contributed by atoms with Crippen molar-refractivity contribution in [3.05, 3.63) is 29.3 Å². The average molecular weight is 263 g/mol. The quantitative estimate of drug-likeness (QED) is 0.878. The minimum absolute atomic E-state index is 0.0851. The van der Waals surface area contributed by atoms with Gasteiger partial charge in [0.15, 0.2) is 6.61 Å². The molecule has 5 heteroatoms. The summed E-state index contributed by atoms with van der Waals surface area (Å²) in [5.74, 6) is -0.947. The molecule has 19 heavy (non-hydrogen) atoms. The first-order valence-electron chi connectivity index (χ1n) is 6.21. The zero-order chi connectivity index (χ0) is 14.0. The van der Waals surface area contributed by atoms with Gasteiger partial charge in [-0.05, 0) is 31.9 Å². The van der Waals surface area contributed by atoms with Crippen molar-refractivity contribution >= 4 is 11.9 Å². The largest absolute Gasteiger partial charge is 0.483 e. The normalized spacial score (nSPS) is 14.0. The minimum Gasteiger partial charge on any atom is -0.483 e. The van der Waals surface area contributed by atoms with Crippen LogP contribution in [0.25, 0.3) is 0 Å². The van der Waals surface area contributed by atoms with Crippen molar-refractivity contribution in [2.45, 2.75) is 25.8 Å². The molecule has 5 nitrogen and oxygen atoms in total. The molecule has 102 valence electrons. The van der Waals surface area contributed by atoms with Gasteiger partial charge in [0, 0.05) is 13.1 Å². The molecule has 1 aliphatic carbocycles. The molecule has 0 unspecified atom stereocenters. The standard InChI is InChI=1S/C14H17NO4/c1-9-3-6-12(11(7-9)14(17)18)19-8-13(16)15(2)10-4-5-10/h3,6-7,10H,4-5,8H2,1-2H3,(H,17,18). The summed E-state index contributed by atoms with van der Waals surface area (Å²) in [4.78, 5) is 24.6. The van der Waals surface area contributed by atoms with Gasteiger partial charge in [-0.15, -0.1) is 0 Å². The maximum atomic E-state index is 11.8. The molecule has 2 rings (SSSR count). The Hall–Kier alpha value is -2.04. The lowest BCUT2D eigenvalue weighted by molar-refractivity contribution is -0.132. The molecule has 0 aliphatic heterocycles.